The second-order valence-electron chi connectivity index (χ2n) is 6.68. The van der Waals surface area contributed by atoms with Gasteiger partial charge in [-0.05, 0) is 25.2 Å². The maximum absolute atomic E-state index is 3.18. The van der Waals surface area contributed by atoms with Crippen molar-refractivity contribution in [3.05, 3.63) is 0 Å². The van der Waals surface area contributed by atoms with Gasteiger partial charge in [0.15, 0.2) is 0 Å². The SMILES string of the molecule is CC#CCCCCC[C@H]1CCC[C@@H]1CCCCCCC. The molecule has 1 fully saturated rings. The van der Waals surface area contributed by atoms with Gasteiger partial charge < -0.3 is 0 Å². The molecule has 0 spiro atoms. The molecule has 20 heavy (non-hydrogen) atoms. The van der Waals surface area contributed by atoms with Crippen LogP contribution in [-0.2, 0) is 0 Å². The molecule has 0 heteroatoms. The molecule has 0 aromatic carbocycles. The second kappa shape index (κ2) is 12.3. The van der Waals surface area contributed by atoms with E-state index in [0.717, 1.165) is 18.3 Å². The van der Waals surface area contributed by atoms with Crippen molar-refractivity contribution in [1.29, 1.82) is 0 Å². The first-order valence-corrected chi connectivity index (χ1v) is 9.28. The van der Waals surface area contributed by atoms with Gasteiger partial charge >= 0.3 is 0 Å². The van der Waals surface area contributed by atoms with E-state index in [4.69, 9.17) is 0 Å². The Kier molecular flexibility index (Phi) is 10.8. The molecule has 0 heterocycles. The lowest BCUT2D eigenvalue weighted by Gasteiger charge is -2.19. The van der Waals surface area contributed by atoms with Gasteiger partial charge in [-0.15, -0.1) is 11.8 Å². The van der Waals surface area contributed by atoms with Gasteiger partial charge in [0.25, 0.3) is 0 Å². The Bertz CT molecular complexity index is 267. The predicted molar refractivity (Wildman–Crippen MR) is 90.7 cm³/mol. The van der Waals surface area contributed by atoms with E-state index >= 15 is 0 Å². The summed E-state index contributed by atoms with van der Waals surface area (Å²) in [5.74, 6) is 8.32. The molecule has 1 aliphatic rings. The molecular weight excluding hydrogens is 240 g/mol. The van der Waals surface area contributed by atoms with Crippen LogP contribution in [-0.4, -0.2) is 0 Å². The summed E-state index contributed by atoms with van der Waals surface area (Å²) in [7, 11) is 0. The summed E-state index contributed by atoms with van der Waals surface area (Å²) < 4.78 is 0. The highest BCUT2D eigenvalue weighted by Gasteiger charge is 2.25. The van der Waals surface area contributed by atoms with Gasteiger partial charge in [-0.1, -0.05) is 84.0 Å². The van der Waals surface area contributed by atoms with Crippen LogP contribution in [0.1, 0.15) is 104 Å². The van der Waals surface area contributed by atoms with E-state index in [9.17, 15) is 0 Å². The Morgan fingerprint density at radius 2 is 1.40 bits per heavy atom. The summed E-state index contributed by atoms with van der Waals surface area (Å²) in [5, 5.41) is 0. The third-order valence-corrected chi connectivity index (χ3v) is 5.05. The normalized spacial score (nSPS) is 21.7. The Morgan fingerprint density at radius 3 is 2.00 bits per heavy atom. The van der Waals surface area contributed by atoms with Crippen molar-refractivity contribution in [3.8, 4) is 11.8 Å². The maximum atomic E-state index is 3.18. The number of rotatable bonds is 11. The molecule has 2 atom stereocenters. The number of hydrogen-bond donors (Lipinski definition) is 0. The molecule has 1 aliphatic carbocycles. The molecule has 0 saturated heterocycles. The highest BCUT2D eigenvalue weighted by molar-refractivity contribution is 4.94. The van der Waals surface area contributed by atoms with Crippen molar-refractivity contribution in [2.75, 3.05) is 0 Å². The fourth-order valence-electron chi connectivity index (χ4n) is 3.81. The van der Waals surface area contributed by atoms with Gasteiger partial charge in [0.1, 0.15) is 0 Å². The molecule has 1 rings (SSSR count). The zero-order chi connectivity index (χ0) is 14.5. The summed E-state index contributed by atoms with van der Waals surface area (Å²) >= 11 is 0. The molecule has 0 aromatic heterocycles. The van der Waals surface area contributed by atoms with Crippen molar-refractivity contribution in [2.45, 2.75) is 104 Å². The fourth-order valence-corrected chi connectivity index (χ4v) is 3.81. The lowest BCUT2D eigenvalue weighted by atomic mass is 9.87. The first-order valence-electron chi connectivity index (χ1n) is 9.28. The molecular formula is C20H36. The smallest absolute Gasteiger partial charge is 0.00885 e. The van der Waals surface area contributed by atoms with Crippen LogP contribution in [0.15, 0.2) is 0 Å². The topological polar surface area (TPSA) is 0 Å². The van der Waals surface area contributed by atoms with Crippen LogP contribution in [0.3, 0.4) is 0 Å². The van der Waals surface area contributed by atoms with Crippen LogP contribution in [0.25, 0.3) is 0 Å². The third kappa shape index (κ3) is 7.98. The van der Waals surface area contributed by atoms with Crippen LogP contribution in [0, 0.1) is 23.7 Å². The van der Waals surface area contributed by atoms with Gasteiger partial charge in [-0.25, -0.2) is 0 Å². The first kappa shape index (κ1) is 17.6. The van der Waals surface area contributed by atoms with Crippen LogP contribution in [0.5, 0.6) is 0 Å². The number of unbranched alkanes of at least 4 members (excludes halogenated alkanes) is 7. The highest BCUT2D eigenvalue weighted by Crippen LogP contribution is 2.38. The molecule has 0 aromatic rings. The van der Waals surface area contributed by atoms with Crippen molar-refractivity contribution in [1.82, 2.24) is 0 Å². The molecule has 0 bridgehead atoms. The zero-order valence-electron chi connectivity index (χ0n) is 14.1. The minimum atomic E-state index is 1.07. The monoisotopic (exact) mass is 276 g/mol. The summed E-state index contributed by atoms with van der Waals surface area (Å²) in [6, 6.07) is 0. The molecule has 0 N–H and O–H groups in total. The molecule has 0 nitrogen and oxygen atoms in total. The minimum Gasteiger partial charge on any atom is -0.107 e. The van der Waals surface area contributed by atoms with E-state index in [2.05, 4.69) is 18.8 Å². The number of hydrogen-bond acceptors (Lipinski definition) is 0. The van der Waals surface area contributed by atoms with Gasteiger partial charge in [0, 0.05) is 6.42 Å². The van der Waals surface area contributed by atoms with Crippen LogP contribution >= 0.6 is 0 Å². The Morgan fingerprint density at radius 1 is 0.800 bits per heavy atom. The van der Waals surface area contributed by atoms with E-state index in [1.54, 1.807) is 0 Å². The predicted octanol–water partition coefficient (Wildman–Crippen LogP) is 6.74. The molecule has 116 valence electrons. The zero-order valence-corrected chi connectivity index (χ0v) is 14.1. The second-order valence-corrected chi connectivity index (χ2v) is 6.68. The highest BCUT2D eigenvalue weighted by atomic mass is 14.3. The molecule has 0 unspecified atom stereocenters. The van der Waals surface area contributed by atoms with Crippen LogP contribution < -0.4 is 0 Å². The lowest BCUT2D eigenvalue weighted by molar-refractivity contribution is 0.323. The summed E-state index contributed by atoms with van der Waals surface area (Å²) in [6.45, 7) is 4.25. The average molecular weight is 277 g/mol. The van der Waals surface area contributed by atoms with Crippen molar-refractivity contribution < 1.29 is 0 Å². The first-order chi connectivity index (χ1) is 9.88. The summed E-state index contributed by atoms with van der Waals surface area (Å²) in [6.07, 6.45) is 20.1. The standard InChI is InChI=1S/C20H36/c1-3-5-7-9-11-13-16-20-18-14-17-19(20)15-12-10-8-6-4-2/h19-20H,4,6-18H2,1-2H3/t19-,20-/m0/s1. The molecule has 0 amide bonds. The van der Waals surface area contributed by atoms with Crippen molar-refractivity contribution in [2.24, 2.45) is 11.8 Å². The third-order valence-electron chi connectivity index (χ3n) is 5.05. The van der Waals surface area contributed by atoms with Crippen LogP contribution in [0.2, 0.25) is 0 Å². The van der Waals surface area contributed by atoms with E-state index in [1.165, 1.54) is 83.5 Å². The van der Waals surface area contributed by atoms with Gasteiger partial charge in [-0.2, -0.15) is 0 Å². The fraction of sp³-hybridized carbons (Fsp3) is 0.900. The molecule has 0 aliphatic heterocycles. The Hall–Kier alpha value is -0.440. The summed E-state index contributed by atoms with van der Waals surface area (Å²) in [5.41, 5.74) is 0. The Labute approximate surface area is 128 Å². The van der Waals surface area contributed by atoms with Gasteiger partial charge in [0.05, 0.1) is 0 Å². The van der Waals surface area contributed by atoms with Crippen molar-refractivity contribution >= 4 is 0 Å². The maximum Gasteiger partial charge on any atom is 0.00885 e. The summed E-state index contributed by atoms with van der Waals surface area (Å²) in [4.78, 5) is 0. The van der Waals surface area contributed by atoms with E-state index in [-0.39, 0.29) is 0 Å². The largest absolute Gasteiger partial charge is 0.107 e. The van der Waals surface area contributed by atoms with Crippen molar-refractivity contribution in [3.63, 3.8) is 0 Å². The quantitative estimate of drug-likeness (QED) is 0.289. The molecule has 1 saturated carbocycles. The minimum absolute atomic E-state index is 1.07. The van der Waals surface area contributed by atoms with Gasteiger partial charge in [0.2, 0.25) is 0 Å². The van der Waals surface area contributed by atoms with Gasteiger partial charge in [-0.3, -0.25) is 0 Å². The lowest BCUT2D eigenvalue weighted by Crippen LogP contribution is -2.08. The van der Waals surface area contributed by atoms with Crippen LogP contribution in [0.4, 0.5) is 0 Å². The van der Waals surface area contributed by atoms with E-state index in [0.29, 0.717) is 0 Å². The van der Waals surface area contributed by atoms with E-state index in [1.807, 2.05) is 6.92 Å². The molecule has 0 radical (unpaired) electrons. The van der Waals surface area contributed by atoms with E-state index < -0.39 is 0 Å². The Balaban J connectivity index is 2.03. The average Bonchev–Trinajstić information content (AvgIpc) is 2.90.